The van der Waals surface area contributed by atoms with Crippen LogP contribution in [-0.4, -0.2) is 33.9 Å². The number of amides is 1. The Labute approximate surface area is 95.7 Å². The van der Waals surface area contributed by atoms with Gasteiger partial charge in [-0.3, -0.25) is 9.78 Å². The second-order valence-electron chi connectivity index (χ2n) is 4.07. The molecular formula is C11H18N4O. The predicted molar refractivity (Wildman–Crippen MR) is 62.9 cm³/mol. The Balaban J connectivity index is 2.82. The number of carbonyl (C=O) groups is 1. The number of anilines is 1. The number of rotatable bonds is 4. The number of carbonyl (C=O) groups excluding carboxylic acids is 1. The number of hydrogen-bond acceptors (Lipinski definition) is 4. The standard InChI is InChI=1S/C11H18N4O/c1-4-15(7-8(2)3)11(16)9-5-13-6-10(12)14-9/h5-6,8H,4,7H2,1-3H3,(H2,12,14). The zero-order valence-electron chi connectivity index (χ0n) is 9.97. The summed E-state index contributed by atoms with van der Waals surface area (Å²) >= 11 is 0. The maximum absolute atomic E-state index is 12.0. The molecule has 0 radical (unpaired) electrons. The lowest BCUT2D eigenvalue weighted by molar-refractivity contribution is 0.0739. The number of hydrogen-bond donors (Lipinski definition) is 1. The normalized spacial score (nSPS) is 10.5. The number of nitrogens with two attached hydrogens (primary N) is 1. The van der Waals surface area contributed by atoms with Gasteiger partial charge in [0.2, 0.25) is 0 Å². The fourth-order valence-corrected chi connectivity index (χ4v) is 1.44. The van der Waals surface area contributed by atoms with E-state index < -0.39 is 0 Å². The van der Waals surface area contributed by atoms with Crippen LogP contribution in [0.25, 0.3) is 0 Å². The molecule has 5 heteroatoms. The smallest absolute Gasteiger partial charge is 0.274 e. The van der Waals surface area contributed by atoms with Crippen molar-refractivity contribution >= 4 is 11.7 Å². The van der Waals surface area contributed by atoms with Gasteiger partial charge in [-0.05, 0) is 12.8 Å². The molecule has 0 aliphatic heterocycles. The molecule has 1 amide bonds. The van der Waals surface area contributed by atoms with Crippen molar-refractivity contribution in [1.82, 2.24) is 14.9 Å². The van der Waals surface area contributed by atoms with Crippen LogP contribution < -0.4 is 5.73 Å². The van der Waals surface area contributed by atoms with Crippen LogP contribution in [0.1, 0.15) is 31.3 Å². The van der Waals surface area contributed by atoms with Crippen LogP contribution in [0.4, 0.5) is 5.82 Å². The molecule has 0 saturated heterocycles. The molecule has 16 heavy (non-hydrogen) atoms. The summed E-state index contributed by atoms with van der Waals surface area (Å²) in [5.74, 6) is 0.584. The summed E-state index contributed by atoms with van der Waals surface area (Å²) in [5, 5.41) is 0. The number of aromatic nitrogens is 2. The van der Waals surface area contributed by atoms with Gasteiger partial charge in [-0.1, -0.05) is 13.8 Å². The summed E-state index contributed by atoms with van der Waals surface area (Å²) in [4.78, 5) is 21.6. The van der Waals surface area contributed by atoms with Crippen LogP contribution in [0.2, 0.25) is 0 Å². The minimum absolute atomic E-state index is 0.115. The molecular weight excluding hydrogens is 204 g/mol. The van der Waals surface area contributed by atoms with Crippen LogP contribution in [-0.2, 0) is 0 Å². The van der Waals surface area contributed by atoms with E-state index in [9.17, 15) is 4.79 Å². The van der Waals surface area contributed by atoms with Crippen molar-refractivity contribution in [2.75, 3.05) is 18.8 Å². The van der Waals surface area contributed by atoms with Crippen molar-refractivity contribution in [3.63, 3.8) is 0 Å². The molecule has 2 N–H and O–H groups in total. The highest BCUT2D eigenvalue weighted by molar-refractivity contribution is 5.92. The predicted octanol–water partition coefficient (Wildman–Crippen LogP) is 1.18. The summed E-state index contributed by atoms with van der Waals surface area (Å²) in [6.45, 7) is 7.46. The third-order valence-electron chi connectivity index (χ3n) is 2.13. The van der Waals surface area contributed by atoms with Gasteiger partial charge >= 0.3 is 0 Å². The Hall–Kier alpha value is -1.65. The molecule has 0 aliphatic carbocycles. The van der Waals surface area contributed by atoms with Crippen molar-refractivity contribution < 1.29 is 4.79 Å². The second-order valence-corrected chi connectivity index (χ2v) is 4.07. The van der Waals surface area contributed by atoms with Crippen LogP contribution in [0.5, 0.6) is 0 Å². The highest BCUT2D eigenvalue weighted by atomic mass is 16.2. The maximum atomic E-state index is 12.0. The highest BCUT2D eigenvalue weighted by Gasteiger charge is 2.16. The van der Waals surface area contributed by atoms with Gasteiger partial charge in [0.25, 0.3) is 5.91 Å². The summed E-state index contributed by atoms with van der Waals surface area (Å²) in [7, 11) is 0. The zero-order valence-corrected chi connectivity index (χ0v) is 9.97. The van der Waals surface area contributed by atoms with E-state index in [1.165, 1.54) is 12.4 Å². The van der Waals surface area contributed by atoms with Gasteiger partial charge in [0.05, 0.1) is 12.4 Å². The summed E-state index contributed by atoms with van der Waals surface area (Å²) < 4.78 is 0. The molecule has 0 spiro atoms. The van der Waals surface area contributed by atoms with Gasteiger partial charge in [0.1, 0.15) is 11.5 Å². The van der Waals surface area contributed by atoms with Gasteiger partial charge in [-0.2, -0.15) is 0 Å². The Bertz CT molecular complexity index is 365. The quantitative estimate of drug-likeness (QED) is 0.830. The van der Waals surface area contributed by atoms with Gasteiger partial charge < -0.3 is 10.6 Å². The summed E-state index contributed by atoms with van der Waals surface area (Å²) in [6.07, 6.45) is 2.87. The summed E-state index contributed by atoms with van der Waals surface area (Å²) in [5.41, 5.74) is 5.80. The molecule has 1 aromatic rings. The van der Waals surface area contributed by atoms with Crippen LogP contribution in [0.15, 0.2) is 12.4 Å². The Morgan fingerprint density at radius 3 is 2.69 bits per heavy atom. The SMILES string of the molecule is CCN(CC(C)C)C(=O)c1cncc(N)n1. The first-order valence-corrected chi connectivity index (χ1v) is 5.41. The van der Waals surface area contributed by atoms with E-state index in [1.807, 2.05) is 6.92 Å². The first-order valence-electron chi connectivity index (χ1n) is 5.41. The molecule has 1 aromatic heterocycles. The van der Waals surface area contributed by atoms with Gasteiger partial charge in [0, 0.05) is 13.1 Å². The molecule has 88 valence electrons. The zero-order chi connectivity index (χ0) is 12.1. The Morgan fingerprint density at radius 1 is 1.50 bits per heavy atom. The Morgan fingerprint density at radius 2 is 2.19 bits per heavy atom. The lowest BCUT2D eigenvalue weighted by Crippen LogP contribution is -2.34. The highest BCUT2D eigenvalue weighted by Crippen LogP contribution is 2.05. The van der Waals surface area contributed by atoms with Crippen LogP contribution >= 0.6 is 0 Å². The monoisotopic (exact) mass is 222 g/mol. The third-order valence-corrected chi connectivity index (χ3v) is 2.13. The molecule has 0 aliphatic rings. The topological polar surface area (TPSA) is 72.1 Å². The maximum Gasteiger partial charge on any atom is 0.274 e. The Kier molecular flexibility index (Phi) is 4.22. The fraction of sp³-hybridized carbons (Fsp3) is 0.545. The second kappa shape index (κ2) is 5.44. The van der Waals surface area contributed by atoms with Crippen molar-refractivity contribution in [2.45, 2.75) is 20.8 Å². The van der Waals surface area contributed by atoms with Crippen LogP contribution in [0.3, 0.4) is 0 Å². The number of nitrogens with zero attached hydrogens (tertiary/aromatic N) is 3. The molecule has 1 rings (SSSR count). The largest absolute Gasteiger partial charge is 0.382 e. The minimum Gasteiger partial charge on any atom is -0.382 e. The molecule has 0 fully saturated rings. The number of nitrogen functional groups attached to an aromatic ring is 1. The lowest BCUT2D eigenvalue weighted by atomic mass is 10.2. The molecule has 1 heterocycles. The van der Waals surface area contributed by atoms with E-state index in [-0.39, 0.29) is 11.7 Å². The van der Waals surface area contributed by atoms with Gasteiger partial charge in [-0.15, -0.1) is 0 Å². The van der Waals surface area contributed by atoms with Gasteiger partial charge in [-0.25, -0.2) is 4.98 Å². The van der Waals surface area contributed by atoms with E-state index in [0.29, 0.717) is 24.7 Å². The molecule has 5 nitrogen and oxygen atoms in total. The molecule has 0 atom stereocenters. The van der Waals surface area contributed by atoms with E-state index in [2.05, 4.69) is 23.8 Å². The fourth-order valence-electron chi connectivity index (χ4n) is 1.44. The van der Waals surface area contributed by atoms with Crippen molar-refractivity contribution in [3.8, 4) is 0 Å². The van der Waals surface area contributed by atoms with Crippen molar-refractivity contribution in [1.29, 1.82) is 0 Å². The van der Waals surface area contributed by atoms with Crippen molar-refractivity contribution in [2.24, 2.45) is 5.92 Å². The average molecular weight is 222 g/mol. The van der Waals surface area contributed by atoms with E-state index >= 15 is 0 Å². The first-order chi connectivity index (χ1) is 7.54. The van der Waals surface area contributed by atoms with E-state index in [4.69, 9.17) is 5.73 Å². The average Bonchev–Trinajstić information content (AvgIpc) is 2.24. The minimum atomic E-state index is -0.115. The molecule has 0 bridgehead atoms. The van der Waals surface area contributed by atoms with E-state index in [1.54, 1.807) is 4.90 Å². The summed E-state index contributed by atoms with van der Waals surface area (Å²) in [6, 6.07) is 0. The van der Waals surface area contributed by atoms with Crippen LogP contribution in [0, 0.1) is 5.92 Å². The van der Waals surface area contributed by atoms with E-state index in [0.717, 1.165) is 0 Å². The molecule has 0 aromatic carbocycles. The molecule has 0 saturated carbocycles. The third kappa shape index (κ3) is 3.18. The lowest BCUT2D eigenvalue weighted by Gasteiger charge is -2.22. The van der Waals surface area contributed by atoms with Gasteiger partial charge in [0.15, 0.2) is 0 Å². The first kappa shape index (κ1) is 12.4. The van der Waals surface area contributed by atoms with Crippen molar-refractivity contribution in [3.05, 3.63) is 18.1 Å². The molecule has 0 unspecified atom stereocenters.